The highest BCUT2D eigenvalue weighted by atomic mass is 127. The van der Waals surface area contributed by atoms with Crippen LogP contribution >= 0.6 is 34.3 Å². The van der Waals surface area contributed by atoms with Crippen LogP contribution in [-0.2, 0) is 18.5 Å². The first kappa shape index (κ1) is 33.9. The van der Waals surface area contributed by atoms with Crippen LogP contribution in [0.25, 0.3) is 21.8 Å². The van der Waals surface area contributed by atoms with Crippen LogP contribution in [0, 0.1) is 17.5 Å². The van der Waals surface area contributed by atoms with Gasteiger partial charge in [-0.2, -0.15) is 0 Å². The van der Waals surface area contributed by atoms with E-state index < -0.39 is 55.6 Å². The number of halogens is 4. The van der Waals surface area contributed by atoms with Crippen molar-refractivity contribution in [1.82, 2.24) is 20.3 Å². The highest BCUT2D eigenvalue weighted by Gasteiger charge is 2.28. The van der Waals surface area contributed by atoms with Crippen molar-refractivity contribution in [2.75, 3.05) is 16.6 Å². The van der Waals surface area contributed by atoms with E-state index in [-0.39, 0.29) is 23.8 Å². The Morgan fingerprint density at radius 1 is 1.11 bits per heavy atom. The highest BCUT2D eigenvalue weighted by Crippen LogP contribution is 2.42. The monoisotopic (exact) mass is 773 g/mol. The first-order valence-corrected chi connectivity index (χ1v) is 16.2. The minimum Gasteiger partial charge on any atom is -0.405 e. The number of nitrogens with two attached hydrogens (primary N) is 1. The van der Waals surface area contributed by atoms with Gasteiger partial charge in [0.15, 0.2) is 33.7 Å². The lowest BCUT2D eigenvalue weighted by atomic mass is 9.98. The molecule has 5 N–H and O–H groups in total. The topological polar surface area (TPSA) is 161 Å². The number of sulfonamides is 1. The number of benzene rings is 2. The number of carbonyl (C=O) groups excluding carboxylic acids is 1. The number of amides is 1. The number of carbonyl (C=O) groups is 1. The van der Waals surface area contributed by atoms with E-state index in [9.17, 15) is 22.0 Å². The Labute approximate surface area is 275 Å². The fraction of sp³-hybridized carbons (Fsp3) is 0.214. The molecule has 0 aliphatic rings. The lowest BCUT2D eigenvalue weighted by molar-refractivity contribution is 0.213. The summed E-state index contributed by atoms with van der Waals surface area (Å²) in [6.07, 6.45) is 3.61. The summed E-state index contributed by atoms with van der Waals surface area (Å²) in [5.74, 6) is -3.48. The summed E-state index contributed by atoms with van der Waals surface area (Å²) >= 11 is 2.71. The summed E-state index contributed by atoms with van der Waals surface area (Å²) in [6.45, 7) is 5.92. The van der Waals surface area contributed by atoms with E-state index in [1.54, 1.807) is 6.07 Å². The number of rotatable bonds is 10. The molecule has 0 aliphatic heterocycles. The summed E-state index contributed by atoms with van der Waals surface area (Å²) in [5, 5.41) is 6.23. The quantitative estimate of drug-likeness (QED) is 0.139. The Balaban J connectivity index is 1.73. The molecule has 45 heavy (non-hydrogen) atoms. The Morgan fingerprint density at radius 2 is 1.80 bits per heavy atom. The van der Waals surface area contributed by atoms with Gasteiger partial charge in [-0.25, -0.2) is 41.3 Å². The molecule has 2 aromatic heterocycles. The van der Waals surface area contributed by atoms with Crippen molar-refractivity contribution in [3.05, 3.63) is 83.4 Å². The molecule has 0 aliphatic carbocycles. The van der Waals surface area contributed by atoms with Crippen molar-refractivity contribution in [2.45, 2.75) is 37.1 Å². The van der Waals surface area contributed by atoms with E-state index in [0.29, 0.717) is 15.6 Å². The maximum atomic E-state index is 16.0. The molecule has 4 aromatic rings. The van der Waals surface area contributed by atoms with Crippen LogP contribution in [-0.4, -0.2) is 42.0 Å². The normalized spacial score (nSPS) is 12.6. The van der Waals surface area contributed by atoms with E-state index in [0.717, 1.165) is 24.3 Å². The third-order valence-electron chi connectivity index (χ3n) is 6.04. The first-order chi connectivity index (χ1) is 21.2. The standard InChI is InChI=1S/C28H27F3IN7O4S2/c1-28(2,3)25-38-22(16-6-4-9-19(21(16)31)39-45(41,42)24-17(29)7-5-8-18(24)30)23(44-25)20-11-13-34-26(37-20)35-14-15(10-12-33)36-27(40)43-32/h4-13,15,39H,14,33H2,1-3H3,(H,36,40)(H,34,35,37)/b12-10+. The number of thiazole rings is 1. The molecular formula is C28H27F3IN7O4S2. The van der Waals surface area contributed by atoms with Crippen molar-refractivity contribution in [2.24, 2.45) is 5.73 Å². The molecular weight excluding hydrogens is 746 g/mol. The van der Waals surface area contributed by atoms with Crippen LogP contribution in [0.5, 0.6) is 0 Å². The number of nitrogens with zero attached hydrogens (tertiary/aromatic N) is 3. The molecule has 17 heteroatoms. The molecule has 2 aromatic carbocycles. The lowest BCUT2D eigenvalue weighted by Gasteiger charge is -2.14. The Bertz CT molecular complexity index is 1830. The van der Waals surface area contributed by atoms with Gasteiger partial charge in [0, 0.05) is 23.7 Å². The SMILES string of the molecule is CC(C)(C)c1nc(-c2cccc(NS(=O)(=O)c3c(F)cccc3F)c2F)c(-c2ccnc(NCC(/C=C/N)NC(=O)OI)n2)s1. The van der Waals surface area contributed by atoms with E-state index >= 15 is 4.39 Å². The van der Waals surface area contributed by atoms with Crippen molar-refractivity contribution in [1.29, 1.82) is 0 Å². The molecule has 0 radical (unpaired) electrons. The molecule has 11 nitrogen and oxygen atoms in total. The molecule has 4 rings (SSSR count). The zero-order chi connectivity index (χ0) is 32.9. The van der Waals surface area contributed by atoms with Crippen LogP contribution < -0.4 is 21.1 Å². The summed E-state index contributed by atoms with van der Waals surface area (Å²) in [5.41, 5.74) is 4.96. The van der Waals surface area contributed by atoms with Gasteiger partial charge >= 0.3 is 6.09 Å². The van der Waals surface area contributed by atoms with Crippen molar-refractivity contribution >= 4 is 62.1 Å². The number of anilines is 2. The van der Waals surface area contributed by atoms with Crippen LogP contribution in [0.1, 0.15) is 25.8 Å². The zero-order valence-corrected chi connectivity index (χ0v) is 27.7. The second kappa shape index (κ2) is 14.0. The molecule has 238 valence electrons. The van der Waals surface area contributed by atoms with Crippen LogP contribution in [0.15, 0.2) is 65.8 Å². The second-order valence-electron chi connectivity index (χ2n) is 10.4. The van der Waals surface area contributed by atoms with Crippen LogP contribution in [0.3, 0.4) is 0 Å². The number of hydrogen-bond donors (Lipinski definition) is 4. The smallest absolute Gasteiger partial charge is 0.405 e. The fourth-order valence-corrected chi connectivity index (χ4v) is 6.41. The van der Waals surface area contributed by atoms with E-state index in [1.807, 2.05) is 25.5 Å². The van der Waals surface area contributed by atoms with Gasteiger partial charge in [-0.3, -0.25) is 4.72 Å². The summed E-state index contributed by atoms with van der Waals surface area (Å²) in [4.78, 5) is 24.3. The molecule has 0 bridgehead atoms. The van der Waals surface area contributed by atoms with Crippen molar-refractivity contribution in [3.63, 3.8) is 0 Å². The zero-order valence-electron chi connectivity index (χ0n) is 23.9. The van der Waals surface area contributed by atoms with E-state index in [1.165, 1.54) is 64.9 Å². The van der Waals surface area contributed by atoms with E-state index in [2.05, 4.69) is 23.7 Å². The predicted molar refractivity (Wildman–Crippen MR) is 174 cm³/mol. The van der Waals surface area contributed by atoms with Gasteiger partial charge < -0.3 is 19.4 Å². The van der Waals surface area contributed by atoms with Gasteiger partial charge in [0.05, 0.1) is 33.0 Å². The maximum absolute atomic E-state index is 16.0. The summed E-state index contributed by atoms with van der Waals surface area (Å²) < 4.78 is 76.9. The minimum atomic E-state index is -4.84. The Hall–Kier alpha value is -3.97. The van der Waals surface area contributed by atoms with Gasteiger partial charge in [0.2, 0.25) is 5.95 Å². The Kier molecular flexibility index (Phi) is 10.5. The van der Waals surface area contributed by atoms with Gasteiger partial charge in [-0.15, -0.1) is 11.3 Å². The Morgan fingerprint density at radius 3 is 2.44 bits per heavy atom. The predicted octanol–water partition coefficient (Wildman–Crippen LogP) is 6.11. The summed E-state index contributed by atoms with van der Waals surface area (Å²) in [6, 6.07) is 7.56. The number of nitrogens with one attached hydrogen (secondary N) is 3. The maximum Gasteiger partial charge on any atom is 0.417 e. The minimum absolute atomic E-state index is 0.0752. The van der Waals surface area contributed by atoms with Crippen molar-refractivity contribution < 1.29 is 29.4 Å². The first-order valence-electron chi connectivity index (χ1n) is 13.1. The number of aromatic nitrogens is 3. The second-order valence-corrected chi connectivity index (χ2v) is 13.5. The van der Waals surface area contributed by atoms with E-state index in [4.69, 9.17) is 10.7 Å². The molecule has 1 unspecified atom stereocenters. The highest BCUT2D eigenvalue weighted by molar-refractivity contribution is 14.1. The molecule has 1 amide bonds. The molecule has 0 spiro atoms. The molecule has 0 saturated heterocycles. The largest absolute Gasteiger partial charge is 0.417 e. The van der Waals surface area contributed by atoms with Gasteiger partial charge in [0.25, 0.3) is 10.0 Å². The van der Waals surface area contributed by atoms with Crippen LogP contribution in [0.2, 0.25) is 0 Å². The van der Waals surface area contributed by atoms with Gasteiger partial charge in [-0.1, -0.05) is 32.9 Å². The molecule has 0 saturated carbocycles. The average molecular weight is 774 g/mol. The molecule has 2 heterocycles. The van der Waals surface area contributed by atoms with Crippen molar-refractivity contribution in [3.8, 4) is 21.8 Å². The third-order valence-corrected chi connectivity index (χ3v) is 9.36. The molecule has 0 fully saturated rings. The van der Waals surface area contributed by atoms with Crippen LogP contribution in [0.4, 0.5) is 29.6 Å². The lowest BCUT2D eigenvalue weighted by Crippen LogP contribution is -2.38. The summed E-state index contributed by atoms with van der Waals surface area (Å²) in [7, 11) is -4.84. The number of hydrogen-bond acceptors (Lipinski definition) is 10. The fourth-order valence-electron chi connectivity index (χ4n) is 3.97. The third kappa shape index (κ3) is 8.01. The average Bonchev–Trinajstić information content (AvgIpc) is 3.43. The van der Waals surface area contributed by atoms with Gasteiger partial charge in [0.1, 0.15) is 11.6 Å². The van der Waals surface area contributed by atoms with Gasteiger partial charge in [-0.05, 0) is 42.6 Å². The molecule has 1 atom stereocenters.